The van der Waals surface area contributed by atoms with Gasteiger partial charge in [0.25, 0.3) is 11.7 Å². The molecule has 2 rings (SSSR count). The average Bonchev–Trinajstić information content (AvgIpc) is 2.91. The second-order valence-corrected chi connectivity index (χ2v) is 5.01. The fourth-order valence-corrected chi connectivity index (χ4v) is 2.39. The third-order valence-electron chi connectivity index (χ3n) is 3.46. The molecule has 0 unspecified atom stereocenters. The SMILES string of the molecule is CCOC(=O)c1c(C)[nH]c(C(=O)C(=O)NC)c1-c1ccc(F)cc1. The summed E-state index contributed by atoms with van der Waals surface area (Å²) in [5.41, 5.74) is 1.15. The number of hydrogen-bond acceptors (Lipinski definition) is 4. The molecule has 24 heavy (non-hydrogen) atoms. The number of ketones is 1. The van der Waals surface area contributed by atoms with Crippen molar-refractivity contribution in [3.63, 3.8) is 0 Å². The first-order chi connectivity index (χ1) is 11.4. The lowest BCUT2D eigenvalue weighted by atomic mass is 9.98. The van der Waals surface area contributed by atoms with E-state index >= 15 is 0 Å². The van der Waals surface area contributed by atoms with Crippen molar-refractivity contribution >= 4 is 17.7 Å². The standard InChI is InChI=1S/C17H17FN2O4/c1-4-24-17(23)12-9(2)20-14(15(21)16(22)19-3)13(12)10-5-7-11(18)8-6-10/h5-8,20H,4H2,1-3H3,(H,19,22). The lowest BCUT2D eigenvalue weighted by molar-refractivity contribution is -0.116. The number of aryl methyl sites for hydroxylation is 1. The van der Waals surface area contributed by atoms with Crippen molar-refractivity contribution in [1.29, 1.82) is 0 Å². The summed E-state index contributed by atoms with van der Waals surface area (Å²) in [5, 5.41) is 2.25. The van der Waals surface area contributed by atoms with Crippen LogP contribution in [-0.2, 0) is 9.53 Å². The van der Waals surface area contributed by atoms with E-state index in [-0.39, 0.29) is 23.4 Å². The van der Waals surface area contributed by atoms with Gasteiger partial charge in [-0.25, -0.2) is 9.18 Å². The molecule has 0 fully saturated rings. The van der Waals surface area contributed by atoms with Gasteiger partial charge in [0.15, 0.2) is 0 Å². The van der Waals surface area contributed by atoms with Crippen LogP contribution in [-0.4, -0.2) is 36.3 Å². The number of carbonyl (C=O) groups excluding carboxylic acids is 3. The molecule has 0 spiro atoms. The van der Waals surface area contributed by atoms with E-state index in [1.807, 2.05) is 0 Å². The molecule has 0 radical (unpaired) electrons. The molecule has 1 amide bonds. The van der Waals surface area contributed by atoms with E-state index in [1.165, 1.54) is 31.3 Å². The Morgan fingerprint density at radius 3 is 2.38 bits per heavy atom. The van der Waals surface area contributed by atoms with Crippen molar-refractivity contribution in [1.82, 2.24) is 10.3 Å². The van der Waals surface area contributed by atoms with Crippen molar-refractivity contribution in [2.45, 2.75) is 13.8 Å². The Bertz CT molecular complexity index is 794. The Balaban J connectivity index is 2.70. The number of benzene rings is 1. The number of likely N-dealkylation sites (N-methyl/N-ethyl adjacent to an activating group) is 1. The lowest BCUT2D eigenvalue weighted by Crippen LogP contribution is -2.28. The summed E-state index contributed by atoms with van der Waals surface area (Å²) >= 11 is 0. The summed E-state index contributed by atoms with van der Waals surface area (Å²) in [6.45, 7) is 3.42. The number of amides is 1. The molecule has 0 saturated heterocycles. The van der Waals surface area contributed by atoms with Crippen LogP contribution >= 0.6 is 0 Å². The Hall–Kier alpha value is -2.96. The first-order valence-electron chi connectivity index (χ1n) is 7.32. The van der Waals surface area contributed by atoms with Crippen LogP contribution in [0, 0.1) is 12.7 Å². The van der Waals surface area contributed by atoms with Gasteiger partial charge in [0.1, 0.15) is 11.5 Å². The number of nitrogens with one attached hydrogen (secondary N) is 2. The molecule has 0 saturated carbocycles. The smallest absolute Gasteiger partial charge is 0.340 e. The Morgan fingerprint density at radius 2 is 1.83 bits per heavy atom. The number of Topliss-reactive ketones (excluding diaryl/α,β-unsaturated/α-hetero) is 1. The number of halogens is 1. The van der Waals surface area contributed by atoms with E-state index in [2.05, 4.69) is 10.3 Å². The number of rotatable bonds is 5. The number of ether oxygens (including phenoxy) is 1. The molecule has 126 valence electrons. The second-order valence-electron chi connectivity index (χ2n) is 5.01. The van der Waals surface area contributed by atoms with Gasteiger partial charge < -0.3 is 15.0 Å². The van der Waals surface area contributed by atoms with Crippen LogP contribution in [0.5, 0.6) is 0 Å². The summed E-state index contributed by atoms with van der Waals surface area (Å²) in [6, 6.07) is 5.28. The minimum absolute atomic E-state index is 0.0403. The van der Waals surface area contributed by atoms with Crippen LogP contribution in [0.1, 0.15) is 33.5 Å². The van der Waals surface area contributed by atoms with Crippen LogP contribution < -0.4 is 5.32 Å². The number of aromatic nitrogens is 1. The third kappa shape index (κ3) is 3.19. The van der Waals surface area contributed by atoms with Gasteiger partial charge in [-0.1, -0.05) is 12.1 Å². The van der Waals surface area contributed by atoms with Crippen LogP contribution in [0.2, 0.25) is 0 Å². The van der Waals surface area contributed by atoms with E-state index < -0.39 is 23.5 Å². The van der Waals surface area contributed by atoms with Crippen LogP contribution in [0.3, 0.4) is 0 Å². The first-order valence-corrected chi connectivity index (χ1v) is 7.32. The Kier molecular flexibility index (Phi) is 5.13. The average molecular weight is 332 g/mol. The van der Waals surface area contributed by atoms with Gasteiger partial charge in [-0.15, -0.1) is 0 Å². The number of hydrogen-bond donors (Lipinski definition) is 2. The maximum Gasteiger partial charge on any atom is 0.340 e. The Labute approximate surface area is 138 Å². The zero-order chi connectivity index (χ0) is 17.9. The first kappa shape index (κ1) is 17.4. The van der Waals surface area contributed by atoms with Crippen LogP contribution in [0.25, 0.3) is 11.1 Å². The highest BCUT2D eigenvalue weighted by Gasteiger charge is 2.29. The Morgan fingerprint density at radius 1 is 1.21 bits per heavy atom. The molecule has 0 aliphatic carbocycles. The summed E-state index contributed by atoms with van der Waals surface area (Å²) in [5.74, 6) is -2.73. The number of H-pyrrole nitrogens is 1. The van der Waals surface area contributed by atoms with Gasteiger partial charge in [-0.05, 0) is 31.5 Å². The second kappa shape index (κ2) is 7.08. The summed E-state index contributed by atoms with van der Waals surface area (Å²) in [4.78, 5) is 39.1. The quantitative estimate of drug-likeness (QED) is 0.499. The predicted molar refractivity (Wildman–Crippen MR) is 85.3 cm³/mol. The third-order valence-corrected chi connectivity index (χ3v) is 3.46. The molecular formula is C17H17FN2O4. The molecule has 1 aromatic heterocycles. The summed E-state index contributed by atoms with van der Waals surface area (Å²) in [7, 11) is 1.33. The van der Waals surface area contributed by atoms with E-state index in [0.29, 0.717) is 11.3 Å². The zero-order valence-electron chi connectivity index (χ0n) is 13.5. The van der Waals surface area contributed by atoms with Crippen molar-refractivity contribution in [2.24, 2.45) is 0 Å². The topological polar surface area (TPSA) is 88.3 Å². The van der Waals surface area contributed by atoms with Crippen LogP contribution in [0.4, 0.5) is 4.39 Å². The largest absolute Gasteiger partial charge is 0.462 e. The zero-order valence-corrected chi connectivity index (χ0v) is 13.5. The fraction of sp³-hybridized carbons (Fsp3) is 0.235. The molecule has 7 heteroatoms. The van der Waals surface area contributed by atoms with E-state index in [1.54, 1.807) is 13.8 Å². The molecule has 0 bridgehead atoms. The van der Waals surface area contributed by atoms with Crippen molar-refractivity contribution in [3.05, 3.63) is 47.0 Å². The number of aromatic amines is 1. The monoisotopic (exact) mass is 332 g/mol. The molecular weight excluding hydrogens is 315 g/mol. The molecule has 0 aliphatic heterocycles. The minimum Gasteiger partial charge on any atom is -0.462 e. The number of esters is 1. The van der Waals surface area contributed by atoms with Crippen molar-refractivity contribution in [2.75, 3.05) is 13.7 Å². The highest BCUT2D eigenvalue weighted by Crippen LogP contribution is 2.31. The van der Waals surface area contributed by atoms with Gasteiger partial charge in [0.05, 0.1) is 12.2 Å². The molecule has 1 heterocycles. The maximum atomic E-state index is 13.2. The summed E-state index contributed by atoms with van der Waals surface area (Å²) in [6.07, 6.45) is 0. The van der Waals surface area contributed by atoms with E-state index in [0.717, 1.165) is 0 Å². The van der Waals surface area contributed by atoms with Crippen molar-refractivity contribution < 1.29 is 23.5 Å². The maximum absolute atomic E-state index is 13.2. The highest BCUT2D eigenvalue weighted by atomic mass is 19.1. The lowest BCUT2D eigenvalue weighted by Gasteiger charge is -2.07. The fourth-order valence-electron chi connectivity index (χ4n) is 2.39. The van der Waals surface area contributed by atoms with Gasteiger partial charge in [-0.3, -0.25) is 9.59 Å². The van der Waals surface area contributed by atoms with Gasteiger partial charge in [-0.2, -0.15) is 0 Å². The van der Waals surface area contributed by atoms with E-state index in [9.17, 15) is 18.8 Å². The normalized spacial score (nSPS) is 10.3. The molecule has 0 atom stereocenters. The minimum atomic E-state index is -0.824. The van der Waals surface area contributed by atoms with Gasteiger partial charge >= 0.3 is 5.97 Å². The molecule has 2 N–H and O–H groups in total. The highest BCUT2D eigenvalue weighted by molar-refractivity contribution is 6.43. The molecule has 2 aromatic rings. The van der Waals surface area contributed by atoms with Crippen molar-refractivity contribution in [3.8, 4) is 11.1 Å². The molecule has 1 aromatic carbocycles. The van der Waals surface area contributed by atoms with Crippen LogP contribution in [0.15, 0.2) is 24.3 Å². The molecule has 0 aliphatic rings. The molecule has 6 nitrogen and oxygen atoms in total. The van der Waals surface area contributed by atoms with Gasteiger partial charge in [0.2, 0.25) is 0 Å². The summed E-state index contributed by atoms with van der Waals surface area (Å²) < 4.78 is 18.2. The van der Waals surface area contributed by atoms with E-state index in [4.69, 9.17) is 4.74 Å². The number of carbonyl (C=O) groups is 3. The van der Waals surface area contributed by atoms with Gasteiger partial charge in [0, 0.05) is 18.3 Å². The predicted octanol–water partition coefficient (Wildman–Crippen LogP) is 2.23.